The SMILES string of the molecule is CCc1ccc([C@@H]2[C@H](C=O)[C@@H]2S(=O)(=O)c2ccccc2)cc1. The molecule has 0 amide bonds. The van der Waals surface area contributed by atoms with Gasteiger partial charge in [-0.2, -0.15) is 0 Å². The third-order valence-electron chi connectivity index (χ3n) is 4.37. The van der Waals surface area contributed by atoms with E-state index >= 15 is 0 Å². The second-order valence-electron chi connectivity index (χ2n) is 5.66. The number of benzene rings is 2. The fourth-order valence-electron chi connectivity index (χ4n) is 3.02. The first-order valence-electron chi connectivity index (χ1n) is 7.42. The minimum atomic E-state index is -3.47. The molecular weight excluding hydrogens is 296 g/mol. The second-order valence-corrected chi connectivity index (χ2v) is 7.76. The lowest BCUT2D eigenvalue weighted by Gasteiger charge is -2.04. The van der Waals surface area contributed by atoms with Gasteiger partial charge < -0.3 is 4.79 Å². The molecule has 1 saturated carbocycles. The zero-order valence-electron chi connectivity index (χ0n) is 12.3. The summed E-state index contributed by atoms with van der Waals surface area (Å²) in [6.07, 6.45) is 1.72. The first-order valence-corrected chi connectivity index (χ1v) is 8.97. The van der Waals surface area contributed by atoms with E-state index in [2.05, 4.69) is 6.92 Å². The third-order valence-corrected chi connectivity index (χ3v) is 6.62. The maximum Gasteiger partial charge on any atom is 0.182 e. The van der Waals surface area contributed by atoms with Gasteiger partial charge in [-0.05, 0) is 29.7 Å². The van der Waals surface area contributed by atoms with E-state index in [1.54, 1.807) is 30.3 Å². The predicted molar refractivity (Wildman–Crippen MR) is 85.5 cm³/mol. The van der Waals surface area contributed by atoms with Crippen molar-refractivity contribution in [1.29, 1.82) is 0 Å². The first kappa shape index (κ1) is 15.0. The summed E-state index contributed by atoms with van der Waals surface area (Å²) in [5.41, 5.74) is 2.13. The highest BCUT2D eigenvalue weighted by Crippen LogP contribution is 2.52. The molecule has 0 saturated heterocycles. The van der Waals surface area contributed by atoms with Gasteiger partial charge in [-0.3, -0.25) is 0 Å². The molecule has 2 aromatic rings. The van der Waals surface area contributed by atoms with Crippen LogP contribution in [0.2, 0.25) is 0 Å². The van der Waals surface area contributed by atoms with E-state index in [0.717, 1.165) is 18.3 Å². The minimum absolute atomic E-state index is 0.228. The van der Waals surface area contributed by atoms with Crippen LogP contribution < -0.4 is 0 Å². The summed E-state index contributed by atoms with van der Waals surface area (Å²) in [5, 5.41) is -0.639. The number of aldehydes is 1. The van der Waals surface area contributed by atoms with E-state index in [4.69, 9.17) is 0 Å². The smallest absolute Gasteiger partial charge is 0.182 e. The fraction of sp³-hybridized carbons (Fsp3) is 0.278. The van der Waals surface area contributed by atoms with Crippen molar-refractivity contribution in [2.24, 2.45) is 5.92 Å². The van der Waals surface area contributed by atoms with Crippen molar-refractivity contribution >= 4 is 16.1 Å². The van der Waals surface area contributed by atoms with Crippen molar-refractivity contribution in [1.82, 2.24) is 0 Å². The van der Waals surface area contributed by atoms with Crippen LogP contribution in [0.5, 0.6) is 0 Å². The molecule has 22 heavy (non-hydrogen) atoms. The molecule has 0 heterocycles. The molecule has 3 atom stereocenters. The Balaban J connectivity index is 1.93. The maximum absolute atomic E-state index is 12.7. The van der Waals surface area contributed by atoms with Crippen LogP contribution in [0.15, 0.2) is 59.5 Å². The quantitative estimate of drug-likeness (QED) is 0.797. The van der Waals surface area contributed by atoms with Crippen LogP contribution in [-0.4, -0.2) is 20.0 Å². The summed E-state index contributed by atoms with van der Waals surface area (Å²) in [6.45, 7) is 2.07. The molecule has 1 aliphatic carbocycles. The Morgan fingerprint density at radius 1 is 1.00 bits per heavy atom. The van der Waals surface area contributed by atoms with Crippen LogP contribution in [0.1, 0.15) is 24.0 Å². The highest BCUT2D eigenvalue weighted by atomic mass is 32.2. The summed E-state index contributed by atoms with van der Waals surface area (Å²) in [4.78, 5) is 11.6. The molecule has 0 spiro atoms. The lowest BCUT2D eigenvalue weighted by molar-refractivity contribution is -0.108. The number of rotatable bonds is 5. The topological polar surface area (TPSA) is 51.2 Å². The van der Waals surface area contributed by atoms with Crippen molar-refractivity contribution in [3.8, 4) is 0 Å². The Labute approximate surface area is 130 Å². The van der Waals surface area contributed by atoms with Crippen LogP contribution in [0.3, 0.4) is 0 Å². The summed E-state index contributed by atoms with van der Waals surface area (Å²) < 4.78 is 25.4. The van der Waals surface area contributed by atoms with Gasteiger partial charge in [0, 0.05) is 11.8 Å². The maximum atomic E-state index is 12.7. The molecule has 0 unspecified atom stereocenters. The Kier molecular flexibility index (Phi) is 3.87. The fourth-order valence-corrected chi connectivity index (χ4v) is 5.15. The lowest BCUT2D eigenvalue weighted by Crippen LogP contribution is -2.10. The van der Waals surface area contributed by atoms with E-state index in [0.29, 0.717) is 4.90 Å². The number of carbonyl (C=O) groups excluding carboxylic acids is 1. The van der Waals surface area contributed by atoms with E-state index < -0.39 is 21.0 Å². The first-order chi connectivity index (χ1) is 10.6. The van der Waals surface area contributed by atoms with Crippen LogP contribution >= 0.6 is 0 Å². The highest BCUT2D eigenvalue weighted by molar-refractivity contribution is 7.92. The average molecular weight is 314 g/mol. The molecule has 114 valence electrons. The van der Waals surface area contributed by atoms with Crippen molar-refractivity contribution in [3.63, 3.8) is 0 Å². The molecule has 1 fully saturated rings. The molecule has 0 N–H and O–H groups in total. The largest absolute Gasteiger partial charge is 0.303 e. The van der Waals surface area contributed by atoms with Gasteiger partial charge in [0.25, 0.3) is 0 Å². The molecule has 0 radical (unpaired) electrons. The zero-order chi connectivity index (χ0) is 15.7. The molecule has 3 rings (SSSR count). The molecule has 4 heteroatoms. The van der Waals surface area contributed by atoms with E-state index in [9.17, 15) is 13.2 Å². The highest BCUT2D eigenvalue weighted by Gasteiger charge is 2.58. The normalized spacial score (nSPS) is 24.0. The molecule has 0 bridgehead atoms. The summed E-state index contributed by atoms with van der Waals surface area (Å²) >= 11 is 0. The molecule has 2 aromatic carbocycles. The Morgan fingerprint density at radius 3 is 2.18 bits per heavy atom. The molecule has 1 aliphatic rings. The van der Waals surface area contributed by atoms with Crippen LogP contribution in [0.25, 0.3) is 0 Å². The van der Waals surface area contributed by atoms with Gasteiger partial charge in [0.1, 0.15) is 6.29 Å². The standard InChI is InChI=1S/C18H18O3S/c1-2-13-8-10-14(11-9-13)17-16(12-19)18(17)22(20,21)15-6-4-3-5-7-15/h3-12,16-18H,2H2,1H3/t16-,17+,18-/m0/s1. The summed E-state index contributed by atoms with van der Waals surface area (Å²) in [5.74, 6) is -0.675. The lowest BCUT2D eigenvalue weighted by atomic mass is 10.1. The van der Waals surface area contributed by atoms with Gasteiger partial charge in [0.05, 0.1) is 10.1 Å². The van der Waals surface area contributed by atoms with Gasteiger partial charge in [0.15, 0.2) is 9.84 Å². The van der Waals surface area contributed by atoms with Crippen LogP contribution in [0, 0.1) is 5.92 Å². The number of carbonyl (C=O) groups is 1. The van der Waals surface area contributed by atoms with Crippen molar-refractivity contribution in [2.45, 2.75) is 29.4 Å². The molecule has 0 aliphatic heterocycles. The van der Waals surface area contributed by atoms with Crippen molar-refractivity contribution in [3.05, 3.63) is 65.7 Å². The zero-order valence-corrected chi connectivity index (χ0v) is 13.2. The Hall–Kier alpha value is -1.94. The van der Waals surface area contributed by atoms with Crippen molar-refractivity contribution < 1.29 is 13.2 Å². The van der Waals surface area contributed by atoms with Gasteiger partial charge >= 0.3 is 0 Å². The number of sulfone groups is 1. The summed E-state index contributed by atoms with van der Waals surface area (Å²) in [7, 11) is -3.47. The van der Waals surface area contributed by atoms with Crippen molar-refractivity contribution in [2.75, 3.05) is 0 Å². The van der Waals surface area contributed by atoms with E-state index in [-0.39, 0.29) is 5.92 Å². The van der Waals surface area contributed by atoms with E-state index in [1.807, 2.05) is 24.3 Å². The monoisotopic (exact) mass is 314 g/mol. The molecular formula is C18H18O3S. The average Bonchev–Trinajstić information content (AvgIpc) is 3.31. The van der Waals surface area contributed by atoms with Gasteiger partial charge in [-0.1, -0.05) is 49.4 Å². The minimum Gasteiger partial charge on any atom is -0.303 e. The van der Waals surface area contributed by atoms with Crippen LogP contribution in [-0.2, 0) is 21.1 Å². The number of aryl methyl sites for hydroxylation is 1. The number of hydrogen-bond donors (Lipinski definition) is 0. The third kappa shape index (κ3) is 2.48. The number of hydrogen-bond acceptors (Lipinski definition) is 3. The van der Waals surface area contributed by atoms with Crippen LogP contribution in [0.4, 0.5) is 0 Å². The van der Waals surface area contributed by atoms with Gasteiger partial charge in [-0.15, -0.1) is 0 Å². The Bertz CT molecular complexity index is 764. The summed E-state index contributed by atoms with van der Waals surface area (Å²) in [6, 6.07) is 16.3. The Morgan fingerprint density at radius 2 is 1.64 bits per heavy atom. The molecule has 0 aromatic heterocycles. The predicted octanol–water partition coefficient (Wildman–Crippen LogP) is 3.00. The second kappa shape index (κ2) is 5.69. The van der Waals surface area contributed by atoms with E-state index in [1.165, 1.54) is 5.56 Å². The van der Waals surface area contributed by atoms with Gasteiger partial charge in [0.2, 0.25) is 0 Å². The van der Waals surface area contributed by atoms with Gasteiger partial charge in [-0.25, -0.2) is 8.42 Å². The molecule has 3 nitrogen and oxygen atoms in total.